The Morgan fingerprint density at radius 1 is 1.24 bits per heavy atom. The topological polar surface area (TPSA) is 13.1 Å². The highest BCUT2D eigenvalue weighted by Gasteiger charge is 2.20. The fraction of sp³-hybridized carbons (Fsp3) is 0.231. The number of alkyl halides is 1. The Balaban J connectivity index is 2.48. The molecule has 1 heterocycles. The van der Waals surface area contributed by atoms with E-state index < -0.39 is 5.38 Å². The van der Waals surface area contributed by atoms with Crippen molar-refractivity contribution in [3.63, 3.8) is 0 Å². The van der Waals surface area contributed by atoms with E-state index in [0.29, 0.717) is 21.9 Å². The summed E-state index contributed by atoms with van der Waals surface area (Å²) in [4.78, 5) is 0. The number of furan rings is 1. The first-order valence-electron chi connectivity index (χ1n) is 5.14. The third-order valence-electron chi connectivity index (χ3n) is 2.68. The maximum atomic E-state index is 13.3. The van der Waals surface area contributed by atoms with E-state index in [9.17, 15) is 4.39 Å². The van der Waals surface area contributed by atoms with E-state index in [1.165, 1.54) is 6.07 Å². The molecule has 1 aromatic heterocycles. The summed E-state index contributed by atoms with van der Waals surface area (Å²) in [7, 11) is 0. The van der Waals surface area contributed by atoms with Crippen molar-refractivity contribution in [2.24, 2.45) is 0 Å². The van der Waals surface area contributed by atoms with Gasteiger partial charge in [-0.05, 0) is 48.7 Å². The first kappa shape index (κ1) is 12.5. The van der Waals surface area contributed by atoms with Gasteiger partial charge < -0.3 is 4.42 Å². The third kappa shape index (κ3) is 2.33. The molecule has 0 saturated heterocycles. The second kappa shape index (κ2) is 4.71. The molecule has 0 amide bonds. The van der Waals surface area contributed by atoms with Crippen LogP contribution in [0.15, 0.2) is 28.9 Å². The predicted molar refractivity (Wildman–Crippen MR) is 67.3 cm³/mol. The van der Waals surface area contributed by atoms with Gasteiger partial charge in [0.2, 0.25) is 0 Å². The zero-order valence-corrected chi connectivity index (χ0v) is 10.9. The van der Waals surface area contributed by atoms with E-state index in [1.807, 2.05) is 13.0 Å². The average molecular weight is 273 g/mol. The second-order valence-electron chi connectivity index (χ2n) is 3.95. The molecule has 0 saturated carbocycles. The highest BCUT2D eigenvalue weighted by molar-refractivity contribution is 6.33. The quantitative estimate of drug-likeness (QED) is 0.700. The van der Waals surface area contributed by atoms with Gasteiger partial charge in [-0.2, -0.15) is 0 Å². The van der Waals surface area contributed by atoms with Crippen LogP contribution in [0.3, 0.4) is 0 Å². The van der Waals surface area contributed by atoms with Crippen molar-refractivity contribution >= 4 is 23.2 Å². The number of rotatable bonds is 2. The Kier molecular flexibility index (Phi) is 3.45. The molecule has 2 rings (SSSR count). The van der Waals surface area contributed by atoms with Gasteiger partial charge in [-0.3, -0.25) is 0 Å². The van der Waals surface area contributed by atoms with Crippen LogP contribution in [0.5, 0.6) is 0 Å². The van der Waals surface area contributed by atoms with Gasteiger partial charge in [-0.25, -0.2) is 4.39 Å². The lowest BCUT2D eigenvalue weighted by Crippen LogP contribution is -1.97. The Morgan fingerprint density at radius 2 is 1.94 bits per heavy atom. The minimum atomic E-state index is -0.503. The molecule has 0 spiro atoms. The first-order chi connectivity index (χ1) is 8.00. The third-order valence-corrected chi connectivity index (χ3v) is 3.44. The number of benzene rings is 1. The van der Waals surface area contributed by atoms with Crippen LogP contribution in [0.4, 0.5) is 4.39 Å². The minimum absolute atomic E-state index is 0.309. The lowest BCUT2D eigenvalue weighted by atomic mass is 10.0. The standard InChI is InChI=1S/C13H11Cl2FO/c1-7-3-4-17-13(7)12(15)9-5-8(2)11(16)6-10(9)14/h3-6,12H,1-2H3. The SMILES string of the molecule is Cc1cc(C(Cl)c2occc2C)c(Cl)cc1F. The molecule has 1 unspecified atom stereocenters. The fourth-order valence-corrected chi connectivity index (χ4v) is 2.38. The van der Waals surface area contributed by atoms with Crippen LogP contribution in [0.1, 0.15) is 27.8 Å². The van der Waals surface area contributed by atoms with Crippen LogP contribution in [-0.2, 0) is 0 Å². The molecule has 4 heteroatoms. The molecule has 90 valence electrons. The first-order valence-corrected chi connectivity index (χ1v) is 5.95. The van der Waals surface area contributed by atoms with Crippen molar-refractivity contribution in [2.45, 2.75) is 19.2 Å². The number of hydrogen-bond acceptors (Lipinski definition) is 1. The normalized spacial score (nSPS) is 12.8. The Hall–Kier alpha value is -0.990. The molecule has 0 fully saturated rings. The number of hydrogen-bond donors (Lipinski definition) is 0. The maximum Gasteiger partial charge on any atom is 0.129 e. The summed E-state index contributed by atoms with van der Waals surface area (Å²) in [6.45, 7) is 3.58. The average Bonchev–Trinajstić information content (AvgIpc) is 2.69. The van der Waals surface area contributed by atoms with Crippen molar-refractivity contribution in [3.8, 4) is 0 Å². The van der Waals surface area contributed by atoms with Crippen molar-refractivity contribution in [1.29, 1.82) is 0 Å². The summed E-state index contributed by atoms with van der Waals surface area (Å²) in [5.74, 6) is 0.304. The van der Waals surface area contributed by atoms with Gasteiger partial charge in [0.1, 0.15) is 17.0 Å². The van der Waals surface area contributed by atoms with Gasteiger partial charge in [0, 0.05) is 5.02 Å². The molecule has 2 aromatic rings. The van der Waals surface area contributed by atoms with Gasteiger partial charge in [-0.15, -0.1) is 11.6 Å². The van der Waals surface area contributed by atoms with E-state index in [1.54, 1.807) is 19.3 Å². The lowest BCUT2D eigenvalue weighted by molar-refractivity contribution is 0.513. The van der Waals surface area contributed by atoms with Gasteiger partial charge in [-0.1, -0.05) is 11.6 Å². The molecule has 0 aliphatic rings. The fourth-order valence-electron chi connectivity index (χ4n) is 1.66. The summed E-state index contributed by atoms with van der Waals surface area (Å²) in [6, 6.07) is 4.76. The van der Waals surface area contributed by atoms with Crippen LogP contribution in [0.25, 0.3) is 0 Å². The van der Waals surface area contributed by atoms with Crippen LogP contribution >= 0.6 is 23.2 Å². The van der Waals surface area contributed by atoms with Gasteiger partial charge in [0.15, 0.2) is 0 Å². The van der Waals surface area contributed by atoms with Gasteiger partial charge in [0.25, 0.3) is 0 Å². The Labute approximate surface area is 109 Å². The Bertz CT molecular complexity index is 548. The summed E-state index contributed by atoms with van der Waals surface area (Å²) < 4.78 is 18.6. The molecule has 0 aliphatic carbocycles. The maximum absolute atomic E-state index is 13.3. The van der Waals surface area contributed by atoms with Crippen molar-refractivity contribution < 1.29 is 8.81 Å². The predicted octanol–water partition coefficient (Wildman–Crippen LogP) is 5.02. The molecule has 0 bridgehead atoms. The summed E-state index contributed by atoms with van der Waals surface area (Å²) in [5.41, 5.74) is 2.12. The molecular weight excluding hydrogens is 262 g/mol. The number of aryl methyl sites for hydroxylation is 2. The molecular formula is C13H11Cl2FO. The molecule has 0 aliphatic heterocycles. The molecule has 1 nitrogen and oxygen atoms in total. The molecule has 1 aromatic carbocycles. The zero-order valence-electron chi connectivity index (χ0n) is 9.43. The van der Waals surface area contributed by atoms with Crippen molar-refractivity contribution in [2.75, 3.05) is 0 Å². The largest absolute Gasteiger partial charge is 0.467 e. The smallest absolute Gasteiger partial charge is 0.129 e. The van der Waals surface area contributed by atoms with Crippen LogP contribution in [-0.4, -0.2) is 0 Å². The van der Waals surface area contributed by atoms with E-state index in [0.717, 1.165) is 5.56 Å². The highest BCUT2D eigenvalue weighted by Crippen LogP contribution is 2.36. The molecule has 0 N–H and O–H groups in total. The molecule has 17 heavy (non-hydrogen) atoms. The molecule has 0 radical (unpaired) electrons. The lowest BCUT2D eigenvalue weighted by Gasteiger charge is -2.12. The van der Waals surface area contributed by atoms with Crippen molar-refractivity contribution in [3.05, 3.63) is 57.8 Å². The van der Waals surface area contributed by atoms with Gasteiger partial charge in [0.05, 0.1) is 6.26 Å². The van der Waals surface area contributed by atoms with E-state index >= 15 is 0 Å². The minimum Gasteiger partial charge on any atom is -0.467 e. The van der Waals surface area contributed by atoms with Gasteiger partial charge >= 0.3 is 0 Å². The van der Waals surface area contributed by atoms with E-state index in [-0.39, 0.29) is 5.82 Å². The van der Waals surface area contributed by atoms with Crippen LogP contribution < -0.4 is 0 Å². The summed E-state index contributed by atoms with van der Waals surface area (Å²) >= 11 is 12.3. The summed E-state index contributed by atoms with van der Waals surface area (Å²) in [6.07, 6.45) is 1.57. The molecule has 1 atom stereocenters. The highest BCUT2D eigenvalue weighted by atomic mass is 35.5. The van der Waals surface area contributed by atoms with Crippen molar-refractivity contribution in [1.82, 2.24) is 0 Å². The monoisotopic (exact) mass is 272 g/mol. The van der Waals surface area contributed by atoms with Crippen LogP contribution in [0, 0.1) is 19.7 Å². The van der Waals surface area contributed by atoms with Crippen LogP contribution in [0.2, 0.25) is 5.02 Å². The van der Waals surface area contributed by atoms with E-state index in [4.69, 9.17) is 27.6 Å². The Morgan fingerprint density at radius 3 is 2.53 bits per heavy atom. The second-order valence-corrected chi connectivity index (χ2v) is 4.80. The zero-order chi connectivity index (χ0) is 12.6. The van der Waals surface area contributed by atoms with E-state index in [2.05, 4.69) is 0 Å². The number of halogens is 3. The summed E-state index contributed by atoms with van der Waals surface area (Å²) in [5, 5.41) is -0.194.